The molecule has 4 rings (SSSR count). The van der Waals surface area contributed by atoms with E-state index in [1.807, 2.05) is 12.1 Å². The van der Waals surface area contributed by atoms with Crippen molar-refractivity contribution in [3.8, 4) is 17.6 Å². The Bertz CT molecular complexity index is 1120. The highest BCUT2D eigenvalue weighted by atomic mass is 16.5. The first-order valence-electron chi connectivity index (χ1n) is 15.4. The summed E-state index contributed by atoms with van der Waals surface area (Å²) in [5.74, 6) is 3.99. The van der Waals surface area contributed by atoms with E-state index in [0.29, 0.717) is 29.4 Å². The molecule has 1 aromatic rings. The average molecular weight is 548 g/mol. The van der Waals surface area contributed by atoms with E-state index in [4.69, 9.17) is 14.2 Å². The molecule has 5 nitrogen and oxygen atoms in total. The Balaban J connectivity index is 1.54. The largest absolute Gasteiger partial charge is 0.493 e. The second-order valence-corrected chi connectivity index (χ2v) is 12.2. The number of benzene rings is 1. The molecule has 0 radical (unpaired) electrons. The highest BCUT2D eigenvalue weighted by molar-refractivity contribution is 5.84. The number of ether oxygens (including phenoxy) is 3. The lowest BCUT2D eigenvalue weighted by Gasteiger charge is -2.32. The van der Waals surface area contributed by atoms with Gasteiger partial charge < -0.3 is 19.3 Å². The number of nitrogens with zero attached hydrogens (tertiary/aromatic N) is 1. The Hall–Kier alpha value is -2.55. The van der Waals surface area contributed by atoms with Gasteiger partial charge in [-0.25, -0.2) is 0 Å². The fourth-order valence-electron chi connectivity index (χ4n) is 6.97. The number of hydrogen-bond acceptors (Lipinski definition) is 5. The van der Waals surface area contributed by atoms with Gasteiger partial charge in [-0.2, -0.15) is 5.26 Å². The Kier molecular flexibility index (Phi) is 11.3. The quantitative estimate of drug-likeness (QED) is 0.287. The van der Waals surface area contributed by atoms with Crippen LogP contribution in [0, 0.1) is 35.0 Å². The predicted molar refractivity (Wildman–Crippen MR) is 161 cm³/mol. The summed E-state index contributed by atoms with van der Waals surface area (Å²) in [7, 11) is 5.09. The van der Waals surface area contributed by atoms with Gasteiger partial charge in [-0.1, -0.05) is 44.7 Å². The minimum Gasteiger partial charge on any atom is -0.493 e. The van der Waals surface area contributed by atoms with Gasteiger partial charge in [0, 0.05) is 13.7 Å². The van der Waals surface area contributed by atoms with Crippen LogP contribution in [-0.4, -0.2) is 39.1 Å². The monoisotopic (exact) mass is 547 g/mol. The first-order valence-corrected chi connectivity index (χ1v) is 15.4. The lowest BCUT2D eigenvalue weighted by atomic mass is 9.74. The molecule has 0 spiro atoms. The molecule has 0 aliphatic heterocycles. The van der Waals surface area contributed by atoms with Crippen LogP contribution >= 0.6 is 0 Å². The molecule has 5 heteroatoms. The Labute approximate surface area is 241 Å². The van der Waals surface area contributed by atoms with Gasteiger partial charge in [0.05, 0.1) is 32.0 Å². The van der Waals surface area contributed by atoms with E-state index >= 15 is 0 Å². The van der Waals surface area contributed by atoms with E-state index in [2.05, 4.69) is 31.2 Å². The van der Waals surface area contributed by atoms with Gasteiger partial charge in [-0.15, -0.1) is 0 Å². The van der Waals surface area contributed by atoms with Crippen molar-refractivity contribution in [2.45, 2.75) is 90.1 Å². The number of aliphatic hydroxyl groups is 1. The summed E-state index contributed by atoms with van der Waals surface area (Å²) < 4.78 is 16.7. The van der Waals surface area contributed by atoms with Gasteiger partial charge in [0.1, 0.15) is 0 Å². The molecule has 4 unspecified atom stereocenters. The Morgan fingerprint density at radius 1 is 1.02 bits per heavy atom. The van der Waals surface area contributed by atoms with Crippen LogP contribution in [0.2, 0.25) is 0 Å². The molecule has 218 valence electrons. The van der Waals surface area contributed by atoms with Crippen LogP contribution in [0.5, 0.6) is 11.5 Å². The van der Waals surface area contributed by atoms with Gasteiger partial charge >= 0.3 is 0 Å². The summed E-state index contributed by atoms with van der Waals surface area (Å²) in [4.78, 5) is 0. The van der Waals surface area contributed by atoms with Crippen molar-refractivity contribution in [3.05, 3.63) is 52.6 Å². The van der Waals surface area contributed by atoms with E-state index in [0.717, 1.165) is 48.1 Å². The van der Waals surface area contributed by atoms with Crippen LogP contribution in [-0.2, 0) is 4.74 Å². The predicted octanol–water partition coefficient (Wildman–Crippen LogP) is 8.05. The second kappa shape index (κ2) is 14.9. The number of rotatable bonds is 12. The summed E-state index contributed by atoms with van der Waals surface area (Å²) in [6.07, 6.45) is 18.3. The third-order valence-corrected chi connectivity index (χ3v) is 9.51. The van der Waals surface area contributed by atoms with E-state index in [1.165, 1.54) is 62.5 Å². The van der Waals surface area contributed by atoms with Crippen molar-refractivity contribution in [1.29, 1.82) is 5.26 Å². The summed E-state index contributed by atoms with van der Waals surface area (Å²) in [6, 6.07) is 8.70. The number of nitriles is 1. The standard InChI is InChI=1S/C35H49NO4/c1-24-19-25(7-5-6-8-26(24)11-14-31(38-2)17-18-37)20-28-12-15-32(27-9-10-27)33(21-30(28)23-36)29-13-16-34(39-3)35(22-29)40-4/h13,15-16,21-22,24-27,31,37H,5-12,14,17-20H2,1-4H3. The molecule has 0 heterocycles. The first-order chi connectivity index (χ1) is 19.5. The lowest BCUT2D eigenvalue weighted by molar-refractivity contribution is 0.0612. The minimum absolute atomic E-state index is 0.159. The molecule has 3 aliphatic rings. The maximum Gasteiger partial charge on any atom is 0.161 e. The van der Waals surface area contributed by atoms with Crippen molar-refractivity contribution in [1.82, 2.24) is 0 Å². The molecule has 40 heavy (non-hydrogen) atoms. The van der Waals surface area contributed by atoms with Crippen LogP contribution in [0.4, 0.5) is 0 Å². The van der Waals surface area contributed by atoms with Crippen LogP contribution in [0.1, 0.15) is 89.5 Å². The number of aliphatic hydroxyl groups excluding tert-OH is 1. The Morgan fingerprint density at radius 3 is 2.48 bits per heavy atom. The molecular formula is C35H49NO4. The molecule has 1 N–H and O–H groups in total. The highest BCUT2D eigenvalue weighted by Crippen LogP contribution is 2.47. The zero-order chi connectivity index (χ0) is 28.5. The van der Waals surface area contributed by atoms with Gasteiger partial charge in [0.2, 0.25) is 0 Å². The van der Waals surface area contributed by atoms with Crippen LogP contribution in [0.3, 0.4) is 0 Å². The maximum absolute atomic E-state index is 10.3. The molecule has 2 saturated carbocycles. The van der Waals surface area contributed by atoms with Gasteiger partial charge in [-0.3, -0.25) is 0 Å². The number of methoxy groups -OCH3 is 3. The highest BCUT2D eigenvalue weighted by Gasteiger charge is 2.31. The maximum atomic E-state index is 10.3. The SMILES string of the molecule is COc1ccc(C2=CC(C#N)=C(CC3CCCCC(CCC(CCO)OC)C(C)C3)CC=C2C2CC2)cc1OC. The lowest BCUT2D eigenvalue weighted by Crippen LogP contribution is -2.22. The summed E-state index contributed by atoms with van der Waals surface area (Å²) in [5.41, 5.74) is 5.78. The van der Waals surface area contributed by atoms with Crippen molar-refractivity contribution >= 4 is 5.57 Å². The molecule has 2 fully saturated rings. The van der Waals surface area contributed by atoms with E-state index in [-0.39, 0.29) is 12.7 Å². The van der Waals surface area contributed by atoms with Crippen molar-refractivity contribution < 1.29 is 19.3 Å². The molecule has 3 aliphatic carbocycles. The summed E-state index contributed by atoms with van der Waals surface area (Å²) in [6.45, 7) is 2.62. The molecular weight excluding hydrogens is 498 g/mol. The van der Waals surface area contributed by atoms with E-state index in [1.54, 1.807) is 21.3 Å². The fourth-order valence-corrected chi connectivity index (χ4v) is 6.97. The van der Waals surface area contributed by atoms with Gasteiger partial charge in [0.25, 0.3) is 0 Å². The van der Waals surface area contributed by atoms with Gasteiger partial charge in [0.15, 0.2) is 11.5 Å². The first kappa shape index (κ1) is 30.4. The third kappa shape index (κ3) is 7.80. The Morgan fingerprint density at radius 2 is 1.80 bits per heavy atom. The molecule has 0 aromatic heterocycles. The minimum atomic E-state index is 0.159. The van der Waals surface area contributed by atoms with Gasteiger partial charge in [-0.05, 0) is 116 Å². The zero-order valence-corrected chi connectivity index (χ0v) is 25.1. The van der Waals surface area contributed by atoms with Crippen LogP contribution in [0.25, 0.3) is 5.57 Å². The normalized spacial score (nSPS) is 24.6. The van der Waals surface area contributed by atoms with E-state index < -0.39 is 0 Å². The van der Waals surface area contributed by atoms with Crippen molar-refractivity contribution in [2.75, 3.05) is 27.9 Å². The molecule has 0 saturated heterocycles. The van der Waals surface area contributed by atoms with Crippen molar-refractivity contribution in [2.24, 2.45) is 23.7 Å². The van der Waals surface area contributed by atoms with E-state index in [9.17, 15) is 10.4 Å². The second-order valence-electron chi connectivity index (χ2n) is 12.2. The van der Waals surface area contributed by atoms with Crippen LogP contribution in [0.15, 0.2) is 47.1 Å². The smallest absolute Gasteiger partial charge is 0.161 e. The molecule has 0 amide bonds. The summed E-state index contributed by atoms with van der Waals surface area (Å²) in [5, 5.41) is 19.7. The molecule has 0 bridgehead atoms. The van der Waals surface area contributed by atoms with Crippen LogP contribution < -0.4 is 9.47 Å². The third-order valence-electron chi connectivity index (χ3n) is 9.51. The topological polar surface area (TPSA) is 71.7 Å². The molecule has 1 aromatic carbocycles. The summed E-state index contributed by atoms with van der Waals surface area (Å²) >= 11 is 0. The van der Waals surface area contributed by atoms with Crippen molar-refractivity contribution in [3.63, 3.8) is 0 Å². The zero-order valence-electron chi connectivity index (χ0n) is 25.1. The average Bonchev–Trinajstić information content (AvgIpc) is 3.82. The fraction of sp³-hybridized carbons (Fsp3) is 0.629. The molecule has 4 atom stereocenters. The number of allylic oxidation sites excluding steroid dienone is 6. The number of hydrogen-bond donors (Lipinski definition) is 1.